The maximum absolute atomic E-state index is 12.9. The standard InChI is InChI=1S/C21H17N3O4S/c25-17-9-14(13-6-7-15-16(8-13)28-11-27-15)18-19(22-17)23-21(24-20(18)26)29-10-12-4-2-1-3-5-12/h1-8,14H,9-11H2,(H2,22,23,24,25,26)/t14-/m1/s1. The van der Waals surface area contributed by atoms with Crippen LogP contribution in [0.4, 0.5) is 5.82 Å². The third-order valence-corrected chi connectivity index (χ3v) is 5.89. The van der Waals surface area contributed by atoms with E-state index in [1.54, 1.807) is 6.07 Å². The summed E-state index contributed by atoms with van der Waals surface area (Å²) in [5, 5.41) is 3.23. The van der Waals surface area contributed by atoms with Gasteiger partial charge < -0.3 is 19.8 Å². The quantitative estimate of drug-likeness (QED) is 0.509. The third-order valence-electron chi connectivity index (χ3n) is 4.95. The minimum atomic E-state index is -0.391. The van der Waals surface area contributed by atoms with Gasteiger partial charge in [0.2, 0.25) is 12.7 Å². The molecule has 1 amide bonds. The Labute approximate surface area is 170 Å². The van der Waals surface area contributed by atoms with Crippen LogP contribution in [0.5, 0.6) is 11.5 Å². The first-order valence-electron chi connectivity index (χ1n) is 9.18. The minimum absolute atomic E-state index is 0.169. The fourth-order valence-electron chi connectivity index (χ4n) is 3.56. The van der Waals surface area contributed by atoms with E-state index < -0.39 is 5.92 Å². The largest absolute Gasteiger partial charge is 0.454 e. The highest BCUT2D eigenvalue weighted by Crippen LogP contribution is 2.40. The maximum Gasteiger partial charge on any atom is 0.257 e. The van der Waals surface area contributed by atoms with Crippen LogP contribution in [0.2, 0.25) is 0 Å². The highest BCUT2D eigenvalue weighted by molar-refractivity contribution is 7.98. The van der Waals surface area contributed by atoms with Gasteiger partial charge in [-0.15, -0.1) is 0 Å². The van der Waals surface area contributed by atoms with E-state index in [1.807, 2.05) is 42.5 Å². The molecule has 1 atom stereocenters. The summed E-state index contributed by atoms with van der Waals surface area (Å²) >= 11 is 1.42. The van der Waals surface area contributed by atoms with Gasteiger partial charge in [0.15, 0.2) is 16.7 Å². The van der Waals surface area contributed by atoms with Gasteiger partial charge in [0.05, 0.1) is 5.56 Å². The molecule has 3 heterocycles. The Morgan fingerprint density at radius 1 is 1.07 bits per heavy atom. The third kappa shape index (κ3) is 3.47. The molecule has 0 fully saturated rings. The normalized spacial score (nSPS) is 17.0. The van der Waals surface area contributed by atoms with Gasteiger partial charge in [-0.1, -0.05) is 48.2 Å². The Balaban J connectivity index is 1.48. The van der Waals surface area contributed by atoms with E-state index in [2.05, 4.69) is 15.3 Å². The predicted molar refractivity (Wildman–Crippen MR) is 109 cm³/mol. The summed E-state index contributed by atoms with van der Waals surface area (Å²) in [6, 6.07) is 15.4. The lowest BCUT2D eigenvalue weighted by atomic mass is 9.86. The second-order valence-electron chi connectivity index (χ2n) is 6.83. The van der Waals surface area contributed by atoms with Gasteiger partial charge in [-0.3, -0.25) is 9.59 Å². The monoisotopic (exact) mass is 407 g/mol. The summed E-state index contributed by atoms with van der Waals surface area (Å²) in [6.07, 6.45) is 0.175. The first-order chi connectivity index (χ1) is 14.2. The van der Waals surface area contributed by atoms with Crippen molar-refractivity contribution in [2.24, 2.45) is 0 Å². The summed E-state index contributed by atoms with van der Waals surface area (Å²) in [7, 11) is 0. The van der Waals surface area contributed by atoms with E-state index in [0.29, 0.717) is 33.8 Å². The van der Waals surface area contributed by atoms with Crippen LogP contribution in [-0.4, -0.2) is 22.7 Å². The van der Waals surface area contributed by atoms with E-state index in [4.69, 9.17) is 9.47 Å². The lowest BCUT2D eigenvalue weighted by molar-refractivity contribution is -0.116. The number of ether oxygens (including phenoxy) is 2. The molecular formula is C21H17N3O4S. The van der Waals surface area contributed by atoms with Crippen LogP contribution < -0.4 is 20.3 Å². The number of carbonyl (C=O) groups is 1. The van der Waals surface area contributed by atoms with Crippen molar-refractivity contribution in [3.8, 4) is 11.5 Å². The molecule has 7 nitrogen and oxygen atoms in total. The van der Waals surface area contributed by atoms with E-state index in [-0.39, 0.29) is 24.7 Å². The van der Waals surface area contributed by atoms with Crippen molar-refractivity contribution in [3.05, 3.63) is 75.6 Å². The number of rotatable bonds is 4. The van der Waals surface area contributed by atoms with Crippen molar-refractivity contribution in [1.29, 1.82) is 0 Å². The molecule has 2 aliphatic rings. The summed E-state index contributed by atoms with van der Waals surface area (Å²) in [5.41, 5.74) is 2.17. The van der Waals surface area contributed by atoms with Crippen molar-refractivity contribution in [2.75, 3.05) is 12.1 Å². The number of aromatic amines is 1. The number of amides is 1. The molecule has 0 saturated heterocycles. The zero-order valence-electron chi connectivity index (χ0n) is 15.3. The Morgan fingerprint density at radius 2 is 1.90 bits per heavy atom. The van der Waals surface area contributed by atoms with E-state index in [1.165, 1.54) is 11.8 Å². The van der Waals surface area contributed by atoms with Crippen LogP contribution in [0.3, 0.4) is 0 Å². The molecule has 0 spiro atoms. The molecule has 5 rings (SSSR count). The molecule has 0 radical (unpaired) electrons. The molecule has 1 aromatic heterocycles. The topological polar surface area (TPSA) is 93.3 Å². The average molecular weight is 407 g/mol. The van der Waals surface area contributed by atoms with Crippen molar-refractivity contribution in [2.45, 2.75) is 23.2 Å². The molecule has 3 aromatic rings. The molecule has 0 bridgehead atoms. The molecule has 0 unspecified atom stereocenters. The first kappa shape index (κ1) is 17.8. The van der Waals surface area contributed by atoms with Gasteiger partial charge in [0.25, 0.3) is 5.56 Å². The first-order valence-corrected chi connectivity index (χ1v) is 10.2. The van der Waals surface area contributed by atoms with Gasteiger partial charge >= 0.3 is 0 Å². The fraction of sp³-hybridized carbons (Fsp3) is 0.190. The Kier molecular flexibility index (Phi) is 4.48. The second-order valence-corrected chi connectivity index (χ2v) is 7.79. The number of H-pyrrole nitrogens is 1. The van der Waals surface area contributed by atoms with E-state index >= 15 is 0 Å². The number of hydrogen-bond acceptors (Lipinski definition) is 6. The number of hydrogen-bond donors (Lipinski definition) is 2. The number of aromatic nitrogens is 2. The molecule has 146 valence electrons. The van der Waals surface area contributed by atoms with Crippen molar-refractivity contribution in [1.82, 2.24) is 9.97 Å². The predicted octanol–water partition coefficient (Wildman–Crippen LogP) is 3.27. The number of benzene rings is 2. The van der Waals surface area contributed by atoms with Crippen molar-refractivity contribution in [3.63, 3.8) is 0 Å². The Morgan fingerprint density at radius 3 is 2.76 bits per heavy atom. The maximum atomic E-state index is 12.9. The lowest BCUT2D eigenvalue weighted by Crippen LogP contribution is -2.31. The van der Waals surface area contributed by atoms with Crippen molar-refractivity contribution >= 4 is 23.5 Å². The van der Waals surface area contributed by atoms with Crippen LogP contribution >= 0.6 is 11.8 Å². The van der Waals surface area contributed by atoms with Crippen LogP contribution in [0.25, 0.3) is 0 Å². The summed E-state index contributed by atoms with van der Waals surface area (Å²) < 4.78 is 10.8. The highest BCUT2D eigenvalue weighted by Gasteiger charge is 2.32. The highest BCUT2D eigenvalue weighted by atomic mass is 32.2. The molecule has 2 N–H and O–H groups in total. The Bertz CT molecular complexity index is 1150. The minimum Gasteiger partial charge on any atom is -0.454 e. The summed E-state index contributed by atoms with van der Waals surface area (Å²) in [5.74, 6) is 1.71. The van der Waals surface area contributed by atoms with Crippen LogP contribution in [0, 0.1) is 0 Å². The number of nitrogens with zero attached hydrogens (tertiary/aromatic N) is 1. The summed E-state index contributed by atoms with van der Waals surface area (Å²) in [6.45, 7) is 0.171. The zero-order valence-corrected chi connectivity index (χ0v) is 16.1. The van der Waals surface area contributed by atoms with Crippen LogP contribution in [-0.2, 0) is 10.5 Å². The number of fused-ring (bicyclic) bond motifs is 2. The Hall–Kier alpha value is -3.26. The SMILES string of the molecule is O=C1C[C@H](c2ccc3c(c2)OCO3)c2c(nc(SCc3ccccc3)[nH]c2=O)N1. The molecule has 8 heteroatoms. The van der Waals surface area contributed by atoms with Gasteiger partial charge in [0.1, 0.15) is 5.82 Å². The average Bonchev–Trinajstić information content (AvgIpc) is 3.20. The van der Waals surface area contributed by atoms with Gasteiger partial charge in [0, 0.05) is 18.1 Å². The number of thioether (sulfide) groups is 1. The zero-order chi connectivity index (χ0) is 19.8. The van der Waals surface area contributed by atoms with Crippen molar-refractivity contribution < 1.29 is 14.3 Å². The van der Waals surface area contributed by atoms with E-state index in [9.17, 15) is 9.59 Å². The molecule has 2 aliphatic heterocycles. The lowest BCUT2D eigenvalue weighted by Gasteiger charge is -2.24. The molecule has 29 heavy (non-hydrogen) atoms. The number of carbonyl (C=O) groups excluding carboxylic acids is 1. The van der Waals surface area contributed by atoms with Crippen LogP contribution in [0.1, 0.15) is 29.0 Å². The molecular weight excluding hydrogens is 390 g/mol. The van der Waals surface area contributed by atoms with E-state index in [0.717, 1.165) is 11.1 Å². The molecule has 2 aromatic carbocycles. The summed E-state index contributed by atoms with van der Waals surface area (Å²) in [4.78, 5) is 32.6. The molecule has 0 aliphatic carbocycles. The number of anilines is 1. The van der Waals surface area contributed by atoms with Crippen LogP contribution in [0.15, 0.2) is 58.5 Å². The second kappa shape index (κ2) is 7.29. The van der Waals surface area contributed by atoms with Gasteiger partial charge in [-0.2, -0.15) is 0 Å². The molecule has 0 saturated carbocycles. The number of nitrogens with one attached hydrogen (secondary N) is 2. The van der Waals surface area contributed by atoms with Gasteiger partial charge in [-0.25, -0.2) is 4.98 Å². The smallest absolute Gasteiger partial charge is 0.257 e. The van der Waals surface area contributed by atoms with Gasteiger partial charge in [-0.05, 0) is 23.3 Å². The fourth-order valence-corrected chi connectivity index (χ4v) is 4.38.